The number of nitrogens with one attached hydrogen (secondary N) is 1. The summed E-state index contributed by atoms with van der Waals surface area (Å²) < 4.78 is 20.3. The van der Waals surface area contributed by atoms with Crippen molar-refractivity contribution < 1.29 is 13.9 Å². The Kier molecular flexibility index (Phi) is 6.62. The van der Waals surface area contributed by atoms with E-state index in [4.69, 9.17) is 15.0 Å². The number of ether oxygens (including phenoxy) is 1. The molecule has 1 aliphatic heterocycles. The maximum absolute atomic E-state index is 14.2. The summed E-state index contributed by atoms with van der Waals surface area (Å²) in [5.74, 6) is -0.624. The van der Waals surface area contributed by atoms with Crippen LogP contribution in [0.2, 0.25) is 0 Å². The quantitative estimate of drug-likeness (QED) is 0.688. The van der Waals surface area contributed by atoms with Crippen LogP contribution in [0, 0.1) is 17.1 Å². The maximum atomic E-state index is 14.2. The van der Waals surface area contributed by atoms with Gasteiger partial charge in [-0.15, -0.1) is 0 Å². The van der Waals surface area contributed by atoms with Crippen molar-refractivity contribution in [2.45, 2.75) is 44.8 Å². The molecule has 2 heterocycles. The van der Waals surface area contributed by atoms with Crippen LogP contribution in [0.3, 0.4) is 0 Å². The third-order valence-electron chi connectivity index (χ3n) is 5.31. The first-order valence-corrected chi connectivity index (χ1v) is 10.8. The lowest BCUT2D eigenvalue weighted by atomic mass is 9.83. The molecule has 3 rings (SSSR count). The van der Waals surface area contributed by atoms with E-state index < -0.39 is 23.1 Å². The monoisotopic (exact) mass is 489 g/mol. The second-order valence-corrected chi connectivity index (χ2v) is 9.27. The molecule has 2 aromatic rings. The highest BCUT2D eigenvalue weighted by molar-refractivity contribution is 9.10. The highest BCUT2D eigenvalue weighted by Gasteiger charge is 2.43. The minimum absolute atomic E-state index is 0.0385. The van der Waals surface area contributed by atoms with Gasteiger partial charge in [0.15, 0.2) is 0 Å². The minimum atomic E-state index is -0.721. The van der Waals surface area contributed by atoms with Gasteiger partial charge in [-0.05, 0) is 74.8 Å². The summed E-state index contributed by atoms with van der Waals surface area (Å²) in [7, 11) is 1.71. The van der Waals surface area contributed by atoms with Crippen molar-refractivity contribution in [3.8, 4) is 17.3 Å². The van der Waals surface area contributed by atoms with Crippen molar-refractivity contribution in [3.63, 3.8) is 0 Å². The Balaban J connectivity index is 2.07. The summed E-state index contributed by atoms with van der Waals surface area (Å²) >= 11 is 3.40. The Hall–Kier alpha value is -2.57. The molecule has 1 amide bonds. The number of carbonyl (C=O) groups excluding carboxylic acids is 1. The van der Waals surface area contributed by atoms with Gasteiger partial charge in [0.05, 0.1) is 23.0 Å². The van der Waals surface area contributed by atoms with Crippen molar-refractivity contribution >= 4 is 22.0 Å². The molecule has 1 aromatic carbocycles. The minimum Gasteiger partial charge on any atom is -0.444 e. The zero-order valence-electron chi connectivity index (χ0n) is 18.0. The van der Waals surface area contributed by atoms with Crippen LogP contribution in [0.1, 0.15) is 44.9 Å². The third kappa shape index (κ3) is 4.86. The van der Waals surface area contributed by atoms with E-state index in [1.807, 2.05) is 26.8 Å². The van der Waals surface area contributed by atoms with Gasteiger partial charge in [-0.25, -0.2) is 19.2 Å². The zero-order valence-corrected chi connectivity index (χ0v) is 19.6. The van der Waals surface area contributed by atoms with Crippen LogP contribution in [0.5, 0.6) is 0 Å². The standard InChI is InChI=1S/C22H25BrFN5O2/c1-21(2,3)31-20(30)29(4)22(7-9-26-10-8-22)17-13-27-19(23)18(28-17)14-5-6-15(12-25)16(24)11-14/h5-6,11,13,26H,7-10H2,1-4H3. The summed E-state index contributed by atoms with van der Waals surface area (Å²) in [6, 6.07) is 6.13. The molecule has 7 nitrogen and oxygen atoms in total. The topological polar surface area (TPSA) is 91.1 Å². The zero-order chi connectivity index (χ0) is 22.8. The summed E-state index contributed by atoms with van der Waals surface area (Å²) in [6.45, 7) is 6.87. The Morgan fingerprint density at radius 1 is 1.35 bits per heavy atom. The molecule has 0 aliphatic carbocycles. The largest absolute Gasteiger partial charge is 0.444 e. The molecule has 1 N–H and O–H groups in total. The molecule has 0 bridgehead atoms. The average molecular weight is 490 g/mol. The number of hydrogen-bond donors (Lipinski definition) is 1. The second-order valence-electron chi connectivity index (χ2n) is 8.52. The molecule has 1 aromatic heterocycles. The summed E-state index contributed by atoms with van der Waals surface area (Å²) in [4.78, 5) is 23.7. The second kappa shape index (κ2) is 8.89. The van der Waals surface area contributed by atoms with E-state index in [1.54, 1.807) is 24.2 Å². The SMILES string of the molecule is CN(C(=O)OC(C)(C)C)C1(c2cnc(Br)c(-c3ccc(C#N)c(F)c3)n2)CCNCC1. The lowest BCUT2D eigenvalue weighted by Crippen LogP contribution is -2.54. The fraction of sp³-hybridized carbons (Fsp3) is 0.455. The predicted octanol–water partition coefficient (Wildman–Crippen LogP) is 4.36. The molecular weight excluding hydrogens is 465 g/mol. The van der Waals surface area contributed by atoms with E-state index in [0.29, 0.717) is 47.5 Å². The molecule has 0 unspecified atom stereocenters. The number of nitriles is 1. The number of nitrogens with zero attached hydrogens (tertiary/aromatic N) is 4. The Morgan fingerprint density at radius 2 is 2.03 bits per heavy atom. The van der Waals surface area contributed by atoms with E-state index in [-0.39, 0.29) is 5.56 Å². The summed E-state index contributed by atoms with van der Waals surface area (Å²) in [6.07, 6.45) is 2.45. The highest BCUT2D eigenvalue weighted by atomic mass is 79.9. The predicted molar refractivity (Wildman–Crippen MR) is 118 cm³/mol. The van der Waals surface area contributed by atoms with Crippen LogP contribution in [-0.2, 0) is 10.3 Å². The molecule has 31 heavy (non-hydrogen) atoms. The van der Waals surface area contributed by atoms with Crippen LogP contribution >= 0.6 is 15.9 Å². The molecule has 1 aliphatic rings. The van der Waals surface area contributed by atoms with Gasteiger partial charge in [-0.3, -0.25) is 4.90 Å². The number of piperidine rings is 1. The van der Waals surface area contributed by atoms with E-state index >= 15 is 0 Å². The number of carbonyl (C=O) groups is 1. The van der Waals surface area contributed by atoms with Crippen molar-refractivity contribution in [2.75, 3.05) is 20.1 Å². The maximum Gasteiger partial charge on any atom is 0.410 e. The number of benzene rings is 1. The highest BCUT2D eigenvalue weighted by Crippen LogP contribution is 2.38. The number of hydrogen-bond acceptors (Lipinski definition) is 6. The Morgan fingerprint density at radius 3 is 2.61 bits per heavy atom. The van der Waals surface area contributed by atoms with Gasteiger partial charge < -0.3 is 10.1 Å². The summed E-state index contributed by atoms with van der Waals surface area (Å²) in [5, 5.41) is 12.3. The first-order valence-electron chi connectivity index (χ1n) is 9.98. The van der Waals surface area contributed by atoms with Gasteiger partial charge in [0.2, 0.25) is 0 Å². The lowest BCUT2D eigenvalue weighted by Gasteiger charge is -2.44. The van der Waals surface area contributed by atoms with E-state index in [1.165, 1.54) is 12.1 Å². The molecule has 1 fully saturated rings. The molecule has 9 heteroatoms. The molecule has 164 valence electrons. The van der Waals surface area contributed by atoms with Crippen LogP contribution < -0.4 is 5.32 Å². The van der Waals surface area contributed by atoms with Gasteiger partial charge >= 0.3 is 6.09 Å². The fourth-order valence-corrected chi connectivity index (χ4v) is 4.06. The Bertz CT molecular complexity index is 1030. The molecule has 1 saturated heterocycles. The normalized spacial score (nSPS) is 15.8. The van der Waals surface area contributed by atoms with Gasteiger partial charge in [0.1, 0.15) is 27.8 Å². The van der Waals surface area contributed by atoms with Crippen molar-refractivity contribution in [1.82, 2.24) is 20.2 Å². The number of aromatic nitrogens is 2. The van der Waals surface area contributed by atoms with E-state index in [9.17, 15) is 9.18 Å². The Labute approximate surface area is 189 Å². The van der Waals surface area contributed by atoms with Gasteiger partial charge in [0.25, 0.3) is 0 Å². The molecule has 0 spiro atoms. The smallest absolute Gasteiger partial charge is 0.410 e. The van der Waals surface area contributed by atoms with Crippen molar-refractivity contribution in [1.29, 1.82) is 5.26 Å². The van der Waals surface area contributed by atoms with E-state index in [0.717, 1.165) is 0 Å². The number of rotatable bonds is 3. The third-order valence-corrected chi connectivity index (χ3v) is 5.89. The first-order chi connectivity index (χ1) is 14.6. The van der Waals surface area contributed by atoms with E-state index in [2.05, 4.69) is 26.2 Å². The number of halogens is 2. The van der Waals surface area contributed by atoms with Crippen molar-refractivity contribution in [2.24, 2.45) is 0 Å². The van der Waals surface area contributed by atoms with Crippen LogP contribution in [0.15, 0.2) is 29.0 Å². The first kappa shape index (κ1) is 23.1. The van der Waals surface area contributed by atoms with Crippen molar-refractivity contribution in [3.05, 3.63) is 46.1 Å². The molecular formula is C22H25BrFN5O2. The van der Waals surface area contributed by atoms with Gasteiger partial charge in [-0.1, -0.05) is 6.07 Å². The average Bonchev–Trinajstić information content (AvgIpc) is 2.72. The number of amides is 1. The fourth-order valence-electron chi connectivity index (χ4n) is 3.64. The van der Waals surface area contributed by atoms with Gasteiger partial charge in [-0.2, -0.15) is 5.26 Å². The van der Waals surface area contributed by atoms with Crippen LogP contribution in [0.25, 0.3) is 11.3 Å². The molecule has 0 radical (unpaired) electrons. The lowest BCUT2D eigenvalue weighted by molar-refractivity contribution is -0.00488. The van der Waals surface area contributed by atoms with Gasteiger partial charge in [0, 0.05) is 12.6 Å². The van der Waals surface area contributed by atoms with Crippen LogP contribution in [-0.4, -0.2) is 46.7 Å². The van der Waals surface area contributed by atoms with Crippen LogP contribution in [0.4, 0.5) is 9.18 Å². The molecule has 0 saturated carbocycles. The molecule has 0 atom stereocenters. The summed E-state index contributed by atoms with van der Waals surface area (Å²) in [5.41, 5.74) is 0.143.